The second-order valence-corrected chi connectivity index (χ2v) is 6.60. The molecule has 27 heavy (non-hydrogen) atoms. The summed E-state index contributed by atoms with van der Waals surface area (Å²) in [5, 5.41) is 3.95. The number of carbonyl (C=O) groups is 1. The van der Waals surface area contributed by atoms with Crippen LogP contribution in [0.5, 0.6) is 0 Å². The molecule has 1 amide bonds. The van der Waals surface area contributed by atoms with Crippen LogP contribution in [0.25, 0.3) is 33.1 Å². The zero-order valence-electron chi connectivity index (χ0n) is 14.5. The Hall–Kier alpha value is -2.99. The highest BCUT2D eigenvalue weighted by Crippen LogP contribution is 2.34. The zero-order chi connectivity index (χ0) is 19.3. The van der Waals surface area contributed by atoms with Crippen molar-refractivity contribution in [2.75, 3.05) is 7.05 Å². The maximum atomic E-state index is 14.3. The molecule has 0 atom stereocenters. The SMILES string of the molecule is CNC(=O)c1ccc(Cl)c2nc(-c3c[nH]c4c(F)c(C)c(F)cc34)ccc12. The number of carbonyl (C=O) groups excluding carboxylic acids is 1. The van der Waals surface area contributed by atoms with Gasteiger partial charge in [-0.15, -0.1) is 0 Å². The number of halogens is 3. The van der Waals surface area contributed by atoms with Gasteiger partial charge in [-0.05, 0) is 37.3 Å². The van der Waals surface area contributed by atoms with Gasteiger partial charge in [0.05, 0.1) is 21.7 Å². The van der Waals surface area contributed by atoms with E-state index in [1.165, 1.54) is 13.0 Å². The number of fused-ring (bicyclic) bond motifs is 2. The van der Waals surface area contributed by atoms with Crippen LogP contribution < -0.4 is 5.32 Å². The number of hydrogen-bond donors (Lipinski definition) is 2. The third-order valence-electron chi connectivity index (χ3n) is 4.65. The van der Waals surface area contributed by atoms with Gasteiger partial charge in [-0.25, -0.2) is 13.8 Å². The summed E-state index contributed by atoms with van der Waals surface area (Å²) in [7, 11) is 1.54. The summed E-state index contributed by atoms with van der Waals surface area (Å²) < 4.78 is 28.4. The van der Waals surface area contributed by atoms with Crippen molar-refractivity contribution in [2.24, 2.45) is 0 Å². The topological polar surface area (TPSA) is 57.8 Å². The number of aromatic nitrogens is 2. The molecule has 0 aliphatic rings. The average molecular weight is 386 g/mol. The molecule has 7 heteroatoms. The minimum absolute atomic E-state index is 0.0411. The Morgan fingerprint density at radius 3 is 2.70 bits per heavy atom. The summed E-state index contributed by atoms with van der Waals surface area (Å²) in [5.74, 6) is -1.50. The van der Waals surface area contributed by atoms with Crippen LogP contribution in [0.15, 0.2) is 36.5 Å². The first-order valence-corrected chi connectivity index (χ1v) is 8.57. The maximum Gasteiger partial charge on any atom is 0.251 e. The van der Waals surface area contributed by atoms with Gasteiger partial charge in [-0.3, -0.25) is 4.79 Å². The summed E-state index contributed by atoms with van der Waals surface area (Å²) in [4.78, 5) is 19.5. The normalized spacial score (nSPS) is 11.3. The van der Waals surface area contributed by atoms with Crippen LogP contribution in [0.2, 0.25) is 5.02 Å². The highest BCUT2D eigenvalue weighted by atomic mass is 35.5. The molecule has 136 valence electrons. The molecular weight excluding hydrogens is 372 g/mol. The van der Waals surface area contributed by atoms with Crippen molar-refractivity contribution in [3.05, 3.63) is 64.3 Å². The molecule has 4 rings (SSSR count). The van der Waals surface area contributed by atoms with Gasteiger partial charge in [0.2, 0.25) is 0 Å². The Morgan fingerprint density at radius 2 is 1.96 bits per heavy atom. The van der Waals surface area contributed by atoms with Gasteiger partial charge in [0, 0.05) is 40.7 Å². The standard InChI is InChI=1S/C20H14ClF2N3O/c1-9-15(22)7-12-13(8-25-19(12)17(9)23)16-6-4-10-11(20(27)24-2)3-5-14(21)18(10)26-16/h3-8,25H,1-2H3,(H,24,27). The van der Waals surface area contributed by atoms with Crippen LogP contribution in [-0.2, 0) is 0 Å². The minimum atomic E-state index is -0.628. The quantitative estimate of drug-likeness (QED) is 0.511. The van der Waals surface area contributed by atoms with E-state index in [1.807, 2.05) is 0 Å². The fourth-order valence-electron chi connectivity index (χ4n) is 3.17. The first-order valence-electron chi connectivity index (χ1n) is 8.19. The number of rotatable bonds is 2. The molecule has 0 fully saturated rings. The van der Waals surface area contributed by atoms with Gasteiger partial charge in [-0.1, -0.05) is 11.6 Å². The Bertz CT molecular complexity index is 1230. The zero-order valence-corrected chi connectivity index (χ0v) is 15.2. The number of nitrogens with one attached hydrogen (secondary N) is 2. The molecule has 4 nitrogen and oxygen atoms in total. The predicted octanol–water partition coefficient (Wildman–Crippen LogP) is 4.98. The van der Waals surface area contributed by atoms with Gasteiger partial charge in [0.25, 0.3) is 5.91 Å². The third kappa shape index (κ3) is 2.64. The van der Waals surface area contributed by atoms with E-state index in [0.717, 1.165) is 0 Å². The molecule has 0 bridgehead atoms. The minimum Gasteiger partial charge on any atom is -0.358 e. The number of amides is 1. The van der Waals surface area contributed by atoms with E-state index in [4.69, 9.17) is 11.6 Å². The van der Waals surface area contributed by atoms with Crippen LogP contribution in [0, 0.1) is 18.6 Å². The summed E-state index contributed by atoms with van der Waals surface area (Å²) in [5.41, 5.74) is 2.11. The highest BCUT2D eigenvalue weighted by Gasteiger charge is 2.17. The molecule has 0 aliphatic heterocycles. The number of benzene rings is 2. The van der Waals surface area contributed by atoms with E-state index < -0.39 is 11.6 Å². The van der Waals surface area contributed by atoms with E-state index in [-0.39, 0.29) is 17.0 Å². The number of hydrogen-bond acceptors (Lipinski definition) is 2. The fraction of sp³-hybridized carbons (Fsp3) is 0.100. The van der Waals surface area contributed by atoms with E-state index >= 15 is 0 Å². The monoisotopic (exact) mass is 385 g/mol. The second kappa shape index (κ2) is 6.32. The van der Waals surface area contributed by atoms with Crippen LogP contribution in [0.4, 0.5) is 8.78 Å². The van der Waals surface area contributed by atoms with Crippen molar-refractivity contribution in [1.82, 2.24) is 15.3 Å². The summed E-state index contributed by atoms with van der Waals surface area (Å²) in [6.45, 7) is 1.39. The molecular formula is C20H14ClF2N3O. The smallest absolute Gasteiger partial charge is 0.251 e. The second-order valence-electron chi connectivity index (χ2n) is 6.19. The van der Waals surface area contributed by atoms with Gasteiger partial charge in [-0.2, -0.15) is 0 Å². The number of nitrogens with zero attached hydrogens (tertiary/aromatic N) is 1. The average Bonchev–Trinajstić information content (AvgIpc) is 3.09. The molecule has 0 aliphatic carbocycles. The third-order valence-corrected chi connectivity index (χ3v) is 4.96. The Labute approximate surface area is 158 Å². The maximum absolute atomic E-state index is 14.3. The molecule has 2 heterocycles. The van der Waals surface area contributed by atoms with Crippen LogP contribution in [0.3, 0.4) is 0 Å². The number of H-pyrrole nitrogens is 1. The van der Waals surface area contributed by atoms with Crippen molar-refractivity contribution >= 4 is 39.3 Å². The van der Waals surface area contributed by atoms with Crippen molar-refractivity contribution < 1.29 is 13.6 Å². The van der Waals surface area contributed by atoms with Crippen LogP contribution in [-0.4, -0.2) is 22.9 Å². The van der Waals surface area contributed by atoms with Gasteiger partial charge < -0.3 is 10.3 Å². The predicted molar refractivity (Wildman–Crippen MR) is 102 cm³/mol. The molecule has 2 aromatic heterocycles. The molecule has 0 unspecified atom stereocenters. The Balaban J connectivity index is 1.97. The molecule has 2 N–H and O–H groups in total. The van der Waals surface area contributed by atoms with Crippen molar-refractivity contribution in [3.8, 4) is 11.3 Å². The van der Waals surface area contributed by atoms with Crippen molar-refractivity contribution in [3.63, 3.8) is 0 Å². The van der Waals surface area contributed by atoms with Gasteiger partial charge in [0.1, 0.15) is 5.82 Å². The van der Waals surface area contributed by atoms with E-state index in [9.17, 15) is 13.6 Å². The first kappa shape index (κ1) is 17.4. The molecule has 2 aromatic carbocycles. The van der Waals surface area contributed by atoms with E-state index in [0.29, 0.717) is 38.1 Å². The lowest BCUT2D eigenvalue weighted by Crippen LogP contribution is -2.18. The largest absolute Gasteiger partial charge is 0.358 e. The van der Waals surface area contributed by atoms with Crippen molar-refractivity contribution in [1.29, 1.82) is 0 Å². The highest BCUT2D eigenvalue weighted by molar-refractivity contribution is 6.35. The Kier molecular flexibility index (Phi) is 4.08. The molecule has 0 saturated heterocycles. The summed E-state index contributed by atoms with van der Waals surface area (Å²) in [6.07, 6.45) is 1.58. The summed E-state index contributed by atoms with van der Waals surface area (Å²) >= 11 is 6.28. The molecule has 0 saturated carbocycles. The Morgan fingerprint density at radius 1 is 1.19 bits per heavy atom. The van der Waals surface area contributed by atoms with Gasteiger partial charge in [0.15, 0.2) is 5.82 Å². The summed E-state index contributed by atoms with van der Waals surface area (Å²) in [6, 6.07) is 7.94. The van der Waals surface area contributed by atoms with Crippen LogP contribution in [0.1, 0.15) is 15.9 Å². The van der Waals surface area contributed by atoms with E-state index in [2.05, 4.69) is 15.3 Å². The number of pyridine rings is 1. The van der Waals surface area contributed by atoms with Crippen LogP contribution >= 0.6 is 11.6 Å². The molecule has 4 aromatic rings. The molecule has 0 spiro atoms. The number of aromatic amines is 1. The first-order chi connectivity index (χ1) is 12.9. The lowest BCUT2D eigenvalue weighted by atomic mass is 10.0. The van der Waals surface area contributed by atoms with E-state index in [1.54, 1.807) is 37.5 Å². The van der Waals surface area contributed by atoms with Gasteiger partial charge >= 0.3 is 0 Å². The lowest BCUT2D eigenvalue weighted by molar-refractivity contribution is 0.0964. The lowest BCUT2D eigenvalue weighted by Gasteiger charge is -2.08. The fourth-order valence-corrected chi connectivity index (χ4v) is 3.38. The molecule has 0 radical (unpaired) electrons. The van der Waals surface area contributed by atoms with Crippen molar-refractivity contribution in [2.45, 2.75) is 6.92 Å².